The highest BCUT2D eigenvalue weighted by molar-refractivity contribution is 5.41. The molecule has 2 aliphatic heterocycles. The van der Waals surface area contributed by atoms with E-state index in [1.54, 1.807) is 6.20 Å². The normalized spacial score (nSPS) is 30.1. The molecule has 0 N–H and O–H groups in total. The van der Waals surface area contributed by atoms with Crippen molar-refractivity contribution in [3.05, 3.63) is 30.7 Å². The van der Waals surface area contributed by atoms with E-state index in [1.807, 2.05) is 28.9 Å². The molecule has 4 heteroatoms. The van der Waals surface area contributed by atoms with E-state index in [4.69, 9.17) is 9.47 Å². The van der Waals surface area contributed by atoms with Crippen molar-refractivity contribution in [1.82, 2.24) is 9.38 Å². The predicted octanol–water partition coefficient (Wildman–Crippen LogP) is 2.28. The van der Waals surface area contributed by atoms with E-state index in [0.29, 0.717) is 11.5 Å². The minimum Gasteiger partial charge on any atom is -0.491 e. The maximum absolute atomic E-state index is 5.96. The second-order valence-corrected chi connectivity index (χ2v) is 5.50. The first-order chi connectivity index (χ1) is 8.83. The number of hydrogen-bond acceptors (Lipinski definition) is 3. The fraction of sp³-hybridized carbons (Fsp3) is 0.500. The average molecular weight is 244 g/mol. The second-order valence-electron chi connectivity index (χ2n) is 5.50. The van der Waals surface area contributed by atoms with Crippen molar-refractivity contribution in [2.45, 2.75) is 25.4 Å². The van der Waals surface area contributed by atoms with E-state index in [-0.39, 0.29) is 0 Å². The number of fused-ring (bicyclic) bond motifs is 3. The Morgan fingerprint density at radius 2 is 2.39 bits per heavy atom. The highest BCUT2D eigenvalue weighted by Gasteiger charge is 2.48. The van der Waals surface area contributed by atoms with Crippen LogP contribution in [-0.2, 0) is 4.74 Å². The molecule has 2 aromatic heterocycles. The summed E-state index contributed by atoms with van der Waals surface area (Å²) in [5.74, 6) is 0.921. The fourth-order valence-electron chi connectivity index (χ4n) is 3.08. The van der Waals surface area contributed by atoms with Gasteiger partial charge >= 0.3 is 0 Å². The third kappa shape index (κ3) is 1.60. The van der Waals surface area contributed by atoms with Crippen molar-refractivity contribution >= 4 is 5.65 Å². The van der Waals surface area contributed by atoms with Gasteiger partial charge in [-0.05, 0) is 31.4 Å². The molecule has 2 bridgehead atoms. The molecule has 0 spiro atoms. The number of hydrogen-bond donors (Lipinski definition) is 0. The van der Waals surface area contributed by atoms with Crippen LogP contribution in [0.25, 0.3) is 5.65 Å². The molecule has 2 aromatic rings. The lowest BCUT2D eigenvalue weighted by molar-refractivity contribution is -0.160. The zero-order valence-electron chi connectivity index (χ0n) is 10.2. The van der Waals surface area contributed by atoms with Crippen LogP contribution < -0.4 is 4.74 Å². The number of pyridine rings is 1. The van der Waals surface area contributed by atoms with Gasteiger partial charge in [0, 0.05) is 24.4 Å². The molecule has 4 heterocycles. The first kappa shape index (κ1) is 10.4. The minimum absolute atomic E-state index is 0.382. The molecule has 3 aliphatic rings. The molecule has 18 heavy (non-hydrogen) atoms. The summed E-state index contributed by atoms with van der Waals surface area (Å²) in [6.45, 7) is 1.71. The number of aromatic nitrogens is 2. The molecule has 1 saturated carbocycles. The Morgan fingerprint density at radius 1 is 1.44 bits per heavy atom. The van der Waals surface area contributed by atoms with Gasteiger partial charge < -0.3 is 13.9 Å². The number of imidazole rings is 1. The highest BCUT2D eigenvalue weighted by Crippen LogP contribution is 2.49. The zero-order chi connectivity index (χ0) is 12.0. The Kier molecular flexibility index (Phi) is 2.14. The van der Waals surface area contributed by atoms with Crippen molar-refractivity contribution in [3.63, 3.8) is 0 Å². The number of ether oxygens (including phenoxy) is 2. The van der Waals surface area contributed by atoms with E-state index >= 15 is 0 Å². The molecular weight excluding hydrogens is 228 g/mol. The van der Waals surface area contributed by atoms with E-state index in [2.05, 4.69) is 4.98 Å². The molecule has 0 radical (unpaired) electrons. The zero-order valence-corrected chi connectivity index (χ0v) is 10.2. The van der Waals surface area contributed by atoms with Crippen LogP contribution in [0.3, 0.4) is 0 Å². The molecule has 0 atom stereocenters. The summed E-state index contributed by atoms with van der Waals surface area (Å²) in [6.07, 6.45) is 9.70. The van der Waals surface area contributed by atoms with Crippen LogP contribution in [0.2, 0.25) is 0 Å². The van der Waals surface area contributed by atoms with Gasteiger partial charge in [0.05, 0.1) is 18.9 Å². The fourth-order valence-corrected chi connectivity index (χ4v) is 3.08. The van der Waals surface area contributed by atoms with Crippen molar-refractivity contribution in [3.8, 4) is 5.75 Å². The quantitative estimate of drug-likeness (QED) is 0.831. The van der Waals surface area contributed by atoms with Crippen molar-refractivity contribution in [1.29, 1.82) is 0 Å². The van der Waals surface area contributed by atoms with E-state index in [1.165, 1.54) is 12.8 Å². The van der Waals surface area contributed by atoms with Crippen LogP contribution in [0.15, 0.2) is 30.7 Å². The lowest BCUT2D eigenvalue weighted by Crippen LogP contribution is -2.51. The standard InChI is InChI=1S/C14H16N2O2/c1-2-13-15-4-5-16(13)9-11(1)18-10-14-3-6-17-12(7-14)8-14/h1-2,4-5,9,12H,3,6-8,10H2. The molecule has 4 nitrogen and oxygen atoms in total. The summed E-state index contributed by atoms with van der Waals surface area (Å²) in [4.78, 5) is 4.22. The molecule has 0 amide bonds. The molecule has 1 aliphatic carbocycles. The first-order valence-electron chi connectivity index (χ1n) is 6.50. The maximum Gasteiger partial charge on any atom is 0.136 e. The van der Waals surface area contributed by atoms with Gasteiger partial charge in [-0.3, -0.25) is 0 Å². The van der Waals surface area contributed by atoms with E-state index in [9.17, 15) is 0 Å². The average Bonchev–Trinajstić information content (AvgIpc) is 2.83. The Bertz CT molecular complexity index is 566. The molecule has 94 valence electrons. The topological polar surface area (TPSA) is 35.8 Å². The van der Waals surface area contributed by atoms with Crippen LogP contribution >= 0.6 is 0 Å². The number of nitrogens with zero attached hydrogens (tertiary/aromatic N) is 2. The van der Waals surface area contributed by atoms with E-state index in [0.717, 1.165) is 31.0 Å². The van der Waals surface area contributed by atoms with Gasteiger partial charge in [-0.25, -0.2) is 4.98 Å². The Hall–Kier alpha value is -1.55. The lowest BCUT2D eigenvalue weighted by Gasteiger charge is -2.51. The third-order valence-corrected chi connectivity index (χ3v) is 4.21. The molecule has 5 rings (SSSR count). The van der Waals surface area contributed by atoms with Gasteiger partial charge in [-0.1, -0.05) is 0 Å². The summed E-state index contributed by atoms with van der Waals surface area (Å²) >= 11 is 0. The van der Waals surface area contributed by atoms with Crippen molar-refractivity contribution < 1.29 is 9.47 Å². The molecule has 2 saturated heterocycles. The highest BCUT2D eigenvalue weighted by atomic mass is 16.5. The molecule has 0 aromatic carbocycles. The first-order valence-corrected chi connectivity index (χ1v) is 6.50. The monoisotopic (exact) mass is 244 g/mol. The summed E-state index contributed by atoms with van der Waals surface area (Å²) in [5, 5.41) is 0. The molecular formula is C14H16N2O2. The third-order valence-electron chi connectivity index (χ3n) is 4.21. The van der Waals surface area contributed by atoms with Crippen LogP contribution in [0.4, 0.5) is 0 Å². The van der Waals surface area contributed by atoms with Gasteiger partial charge in [-0.2, -0.15) is 0 Å². The van der Waals surface area contributed by atoms with Gasteiger partial charge in [0.25, 0.3) is 0 Å². The summed E-state index contributed by atoms with van der Waals surface area (Å²) in [6, 6.07) is 3.98. The van der Waals surface area contributed by atoms with Gasteiger partial charge in [-0.15, -0.1) is 0 Å². The van der Waals surface area contributed by atoms with Crippen LogP contribution in [-0.4, -0.2) is 28.7 Å². The molecule has 3 fully saturated rings. The van der Waals surface area contributed by atoms with Gasteiger partial charge in [0.15, 0.2) is 0 Å². The second kappa shape index (κ2) is 3.72. The van der Waals surface area contributed by atoms with Crippen LogP contribution in [0, 0.1) is 5.41 Å². The Morgan fingerprint density at radius 3 is 3.22 bits per heavy atom. The summed E-state index contributed by atoms with van der Waals surface area (Å²) in [5.41, 5.74) is 1.34. The number of rotatable bonds is 3. The van der Waals surface area contributed by atoms with Crippen LogP contribution in [0.1, 0.15) is 19.3 Å². The Labute approximate surface area is 106 Å². The predicted molar refractivity (Wildman–Crippen MR) is 66.7 cm³/mol. The van der Waals surface area contributed by atoms with Gasteiger partial charge in [0.1, 0.15) is 11.4 Å². The SMILES string of the molecule is c1cn2cc(OCC34CCOC(C3)C4)ccc2n1. The summed E-state index contributed by atoms with van der Waals surface area (Å²) < 4.78 is 13.5. The van der Waals surface area contributed by atoms with Crippen molar-refractivity contribution in [2.24, 2.45) is 5.41 Å². The molecule has 0 unspecified atom stereocenters. The summed E-state index contributed by atoms with van der Waals surface area (Å²) in [7, 11) is 0. The van der Waals surface area contributed by atoms with E-state index < -0.39 is 0 Å². The largest absolute Gasteiger partial charge is 0.491 e. The maximum atomic E-state index is 5.96. The lowest BCUT2D eigenvalue weighted by atomic mass is 9.63. The van der Waals surface area contributed by atoms with Crippen molar-refractivity contribution in [2.75, 3.05) is 13.2 Å². The van der Waals surface area contributed by atoms with Crippen LogP contribution in [0.5, 0.6) is 5.75 Å². The van der Waals surface area contributed by atoms with Gasteiger partial charge in [0.2, 0.25) is 0 Å². The smallest absolute Gasteiger partial charge is 0.136 e. The Balaban J connectivity index is 1.48. The minimum atomic E-state index is 0.382.